The van der Waals surface area contributed by atoms with Crippen LogP contribution in [0.15, 0.2) is 0 Å². The van der Waals surface area contributed by atoms with Crippen LogP contribution in [0.5, 0.6) is 0 Å². The van der Waals surface area contributed by atoms with Crippen LogP contribution < -0.4 is 0 Å². The first-order chi connectivity index (χ1) is 6.26. The summed E-state index contributed by atoms with van der Waals surface area (Å²) in [7, 11) is 0. The van der Waals surface area contributed by atoms with E-state index in [4.69, 9.17) is 10.5 Å². The zero-order valence-corrected chi connectivity index (χ0v) is 8.08. The lowest BCUT2D eigenvalue weighted by atomic mass is 9.77. The molecule has 1 aliphatic rings. The zero-order valence-electron chi connectivity index (χ0n) is 8.08. The Morgan fingerprint density at radius 1 is 1.31 bits per heavy atom. The van der Waals surface area contributed by atoms with E-state index in [1.54, 1.807) is 0 Å². The quantitative estimate of drug-likeness (QED) is 0.642. The van der Waals surface area contributed by atoms with Gasteiger partial charge in [0.1, 0.15) is 0 Å². The lowest BCUT2D eigenvalue weighted by Gasteiger charge is -2.35. The Labute approximate surface area is 79.6 Å². The molecule has 0 unspecified atom stereocenters. The van der Waals surface area contributed by atoms with Gasteiger partial charge in [-0.1, -0.05) is 6.92 Å². The summed E-state index contributed by atoms with van der Waals surface area (Å²) in [6, 6.07) is 4.43. The van der Waals surface area contributed by atoms with Crippen molar-refractivity contribution in [3.8, 4) is 12.1 Å². The Balaban J connectivity index is 2.55. The van der Waals surface area contributed by atoms with Gasteiger partial charge < -0.3 is 4.90 Å². The van der Waals surface area contributed by atoms with Gasteiger partial charge in [-0.25, -0.2) is 0 Å². The highest BCUT2D eigenvalue weighted by Crippen LogP contribution is 2.33. The normalized spacial score (nSPS) is 21.8. The molecule has 1 heterocycles. The number of nitrogens with zero attached hydrogens (tertiary/aromatic N) is 3. The van der Waals surface area contributed by atoms with Gasteiger partial charge in [0, 0.05) is 0 Å². The molecule has 0 aromatic heterocycles. The highest BCUT2D eigenvalue weighted by molar-refractivity contribution is 5.06. The molecule has 0 amide bonds. The summed E-state index contributed by atoms with van der Waals surface area (Å²) in [5.74, 6) is 0. The van der Waals surface area contributed by atoms with Gasteiger partial charge in [-0.15, -0.1) is 0 Å². The van der Waals surface area contributed by atoms with E-state index >= 15 is 0 Å². The summed E-state index contributed by atoms with van der Waals surface area (Å²) in [5, 5.41) is 17.6. The molecule has 13 heavy (non-hydrogen) atoms. The lowest BCUT2D eigenvalue weighted by molar-refractivity contribution is 0.153. The van der Waals surface area contributed by atoms with E-state index in [9.17, 15) is 0 Å². The van der Waals surface area contributed by atoms with Gasteiger partial charge in [-0.2, -0.15) is 10.5 Å². The van der Waals surface area contributed by atoms with E-state index in [0.29, 0.717) is 6.42 Å². The summed E-state index contributed by atoms with van der Waals surface area (Å²) in [6.07, 6.45) is 2.09. The molecule has 0 atom stereocenters. The van der Waals surface area contributed by atoms with E-state index in [2.05, 4.69) is 24.0 Å². The second kappa shape index (κ2) is 4.25. The molecule has 0 bridgehead atoms. The standard InChI is InChI=1S/C10H15N3/c1-2-13-7-4-10(9-12,3-6-11)5-8-13/h2-5,7-8H2,1H3. The smallest absolute Gasteiger partial charge is 0.0728 e. The number of piperidine rings is 1. The fourth-order valence-electron chi connectivity index (χ4n) is 1.78. The average molecular weight is 177 g/mol. The minimum Gasteiger partial charge on any atom is -0.303 e. The molecule has 1 saturated heterocycles. The van der Waals surface area contributed by atoms with Crippen LogP contribution in [0.25, 0.3) is 0 Å². The van der Waals surface area contributed by atoms with Crippen LogP contribution in [-0.2, 0) is 0 Å². The van der Waals surface area contributed by atoms with E-state index < -0.39 is 0 Å². The topological polar surface area (TPSA) is 50.8 Å². The fourth-order valence-corrected chi connectivity index (χ4v) is 1.78. The number of hydrogen-bond acceptors (Lipinski definition) is 3. The summed E-state index contributed by atoms with van der Waals surface area (Å²) >= 11 is 0. The van der Waals surface area contributed by atoms with Gasteiger partial charge in [-0.05, 0) is 32.5 Å². The molecule has 0 spiro atoms. The Hall–Kier alpha value is -1.06. The van der Waals surface area contributed by atoms with Gasteiger partial charge in [-0.3, -0.25) is 0 Å². The molecule has 70 valence electrons. The van der Waals surface area contributed by atoms with Crippen molar-refractivity contribution in [2.45, 2.75) is 26.2 Å². The molecular weight excluding hydrogens is 162 g/mol. The Kier molecular flexibility index (Phi) is 3.28. The molecule has 1 rings (SSSR count). The second-order valence-corrected chi connectivity index (χ2v) is 3.66. The van der Waals surface area contributed by atoms with Crippen LogP contribution in [0.3, 0.4) is 0 Å². The van der Waals surface area contributed by atoms with E-state index in [1.165, 1.54) is 0 Å². The van der Waals surface area contributed by atoms with Crippen LogP contribution in [0.2, 0.25) is 0 Å². The molecule has 0 radical (unpaired) electrons. The third kappa shape index (κ3) is 2.20. The Morgan fingerprint density at radius 2 is 1.92 bits per heavy atom. The summed E-state index contributed by atoms with van der Waals surface area (Å²) in [6.45, 7) is 5.11. The Morgan fingerprint density at radius 3 is 2.31 bits per heavy atom. The van der Waals surface area contributed by atoms with Crippen molar-refractivity contribution in [2.24, 2.45) is 5.41 Å². The largest absolute Gasteiger partial charge is 0.303 e. The summed E-state index contributed by atoms with van der Waals surface area (Å²) in [5.41, 5.74) is -0.347. The molecule has 0 aromatic rings. The highest BCUT2D eigenvalue weighted by Gasteiger charge is 2.33. The maximum atomic E-state index is 9.01. The molecule has 1 aliphatic heterocycles. The predicted molar refractivity (Wildman–Crippen MR) is 49.6 cm³/mol. The van der Waals surface area contributed by atoms with E-state index in [0.717, 1.165) is 32.5 Å². The van der Waals surface area contributed by atoms with E-state index in [-0.39, 0.29) is 5.41 Å². The SMILES string of the molecule is CCN1CCC(C#N)(CC#N)CC1. The van der Waals surface area contributed by atoms with Crippen molar-refractivity contribution in [1.82, 2.24) is 4.90 Å². The first-order valence-electron chi connectivity index (χ1n) is 4.77. The first-order valence-corrected chi connectivity index (χ1v) is 4.77. The van der Waals surface area contributed by atoms with Crippen LogP contribution >= 0.6 is 0 Å². The molecular formula is C10H15N3. The maximum Gasteiger partial charge on any atom is 0.0728 e. The average Bonchev–Trinajstić information content (AvgIpc) is 2.19. The third-order valence-electron chi connectivity index (χ3n) is 2.91. The first kappa shape index (κ1) is 10.0. The van der Waals surface area contributed by atoms with Gasteiger partial charge in [0.25, 0.3) is 0 Å². The van der Waals surface area contributed by atoms with Crippen molar-refractivity contribution in [3.05, 3.63) is 0 Å². The number of hydrogen-bond donors (Lipinski definition) is 0. The molecule has 0 aliphatic carbocycles. The van der Waals surface area contributed by atoms with Crippen molar-refractivity contribution < 1.29 is 0 Å². The maximum absolute atomic E-state index is 9.01. The number of likely N-dealkylation sites (tertiary alicyclic amines) is 1. The molecule has 0 saturated carbocycles. The van der Waals surface area contributed by atoms with Gasteiger partial charge in [0.05, 0.1) is 24.0 Å². The summed E-state index contributed by atoms with van der Waals surface area (Å²) in [4.78, 5) is 2.33. The van der Waals surface area contributed by atoms with Crippen molar-refractivity contribution in [1.29, 1.82) is 10.5 Å². The molecule has 3 heteroatoms. The predicted octanol–water partition coefficient (Wildman–Crippen LogP) is 1.53. The van der Waals surface area contributed by atoms with Crippen molar-refractivity contribution >= 4 is 0 Å². The molecule has 0 N–H and O–H groups in total. The fraction of sp³-hybridized carbons (Fsp3) is 0.800. The second-order valence-electron chi connectivity index (χ2n) is 3.66. The molecule has 1 fully saturated rings. The van der Waals surface area contributed by atoms with Gasteiger partial charge >= 0.3 is 0 Å². The molecule has 3 nitrogen and oxygen atoms in total. The summed E-state index contributed by atoms with van der Waals surface area (Å²) < 4.78 is 0. The number of rotatable bonds is 2. The van der Waals surface area contributed by atoms with Crippen LogP contribution in [0, 0.1) is 28.1 Å². The number of nitriles is 2. The van der Waals surface area contributed by atoms with Gasteiger partial charge in [0.2, 0.25) is 0 Å². The minimum atomic E-state index is -0.347. The third-order valence-corrected chi connectivity index (χ3v) is 2.91. The van der Waals surface area contributed by atoms with E-state index in [1.807, 2.05) is 0 Å². The van der Waals surface area contributed by atoms with Crippen LogP contribution in [0.4, 0.5) is 0 Å². The Bertz CT molecular complexity index is 238. The minimum absolute atomic E-state index is 0.347. The molecule has 0 aromatic carbocycles. The van der Waals surface area contributed by atoms with Gasteiger partial charge in [0.15, 0.2) is 0 Å². The van der Waals surface area contributed by atoms with Crippen LogP contribution in [-0.4, -0.2) is 24.5 Å². The zero-order chi connectivity index (χ0) is 9.73. The van der Waals surface area contributed by atoms with Crippen molar-refractivity contribution in [2.75, 3.05) is 19.6 Å². The van der Waals surface area contributed by atoms with Crippen LogP contribution in [0.1, 0.15) is 26.2 Å². The monoisotopic (exact) mass is 177 g/mol. The highest BCUT2D eigenvalue weighted by atomic mass is 15.1. The lowest BCUT2D eigenvalue weighted by Crippen LogP contribution is -2.39. The van der Waals surface area contributed by atoms with Crippen molar-refractivity contribution in [3.63, 3.8) is 0 Å².